The Balaban J connectivity index is 3.86. The fraction of sp³-hybridized carbons (Fsp3) is 0.143. The van der Waals surface area contributed by atoms with Gasteiger partial charge in [-0.05, 0) is 6.85 Å². The fourth-order valence-corrected chi connectivity index (χ4v) is 0.443. The summed E-state index contributed by atoms with van der Waals surface area (Å²) in [6.07, 6.45) is 0. The highest BCUT2D eigenvalue weighted by Crippen LogP contribution is 2.14. The summed E-state index contributed by atoms with van der Waals surface area (Å²) in [6.45, 7) is -2.97. The minimum absolute atomic E-state index is 0.799. The van der Waals surface area contributed by atoms with E-state index in [-0.39, 0.29) is 0 Å². The van der Waals surface area contributed by atoms with Crippen LogP contribution in [-0.2, 0) is 0 Å². The standard InChI is InChI=1S/C7H7NO2/c1-6-4-2-3-5-7(6)8(9)10/h2-5H,1H3/i1D3,2D,3D,4D,5D. The lowest BCUT2D eigenvalue weighted by atomic mass is 10.2. The lowest BCUT2D eigenvalue weighted by Crippen LogP contribution is -1.89. The smallest absolute Gasteiger partial charge is 0.258 e. The van der Waals surface area contributed by atoms with Crippen LogP contribution in [0.2, 0.25) is 0 Å². The molecule has 0 aliphatic rings. The minimum atomic E-state index is -2.97. The second-order valence-corrected chi connectivity index (χ2v) is 1.48. The second-order valence-electron chi connectivity index (χ2n) is 1.48. The van der Waals surface area contributed by atoms with Crippen molar-refractivity contribution < 1.29 is 14.5 Å². The van der Waals surface area contributed by atoms with E-state index >= 15 is 0 Å². The highest BCUT2D eigenvalue weighted by molar-refractivity contribution is 5.38. The molecule has 0 aromatic heterocycles. The van der Waals surface area contributed by atoms with Crippen molar-refractivity contribution in [1.82, 2.24) is 0 Å². The van der Waals surface area contributed by atoms with Crippen LogP contribution in [0.4, 0.5) is 5.69 Å². The molecule has 3 nitrogen and oxygen atoms in total. The van der Waals surface area contributed by atoms with Crippen molar-refractivity contribution in [2.24, 2.45) is 0 Å². The third-order valence-electron chi connectivity index (χ3n) is 0.850. The molecule has 0 aliphatic carbocycles. The summed E-state index contributed by atoms with van der Waals surface area (Å²) in [4.78, 5) is 9.60. The first-order chi connectivity index (χ1) is 7.59. The molecule has 0 aliphatic heterocycles. The van der Waals surface area contributed by atoms with E-state index in [1.165, 1.54) is 0 Å². The Bertz CT molecular complexity index is 496. The lowest BCUT2D eigenvalue weighted by Gasteiger charge is -1.92. The average molecular weight is 144 g/mol. The summed E-state index contributed by atoms with van der Waals surface area (Å²) < 4.78 is 50.5. The zero-order valence-electron chi connectivity index (χ0n) is 11.8. The molecule has 0 bridgehead atoms. The maximum absolute atomic E-state index is 10.7. The molecule has 1 rings (SSSR count). The molecule has 10 heavy (non-hydrogen) atoms. The maximum Gasteiger partial charge on any atom is 0.272 e. The summed E-state index contributed by atoms with van der Waals surface area (Å²) in [5, 5.41) is 10.7. The van der Waals surface area contributed by atoms with Crippen molar-refractivity contribution in [3.8, 4) is 0 Å². The van der Waals surface area contributed by atoms with Gasteiger partial charge in [-0.2, -0.15) is 0 Å². The van der Waals surface area contributed by atoms with Gasteiger partial charge in [-0.3, -0.25) is 10.1 Å². The van der Waals surface area contributed by atoms with Gasteiger partial charge in [0.05, 0.1) is 10.4 Å². The summed E-state index contributed by atoms with van der Waals surface area (Å²) in [5.74, 6) is 0. The van der Waals surface area contributed by atoms with Gasteiger partial charge in [0.25, 0.3) is 5.69 Å². The summed E-state index contributed by atoms with van der Waals surface area (Å²) in [7, 11) is 0. The Hall–Kier alpha value is -1.38. The van der Waals surface area contributed by atoms with E-state index in [1.54, 1.807) is 0 Å². The molecule has 0 unspecified atom stereocenters. The van der Waals surface area contributed by atoms with Crippen molar-refractivity contribution in [2.45, 2.75) is 6.85 Å². The number of nitro benzene ring substituents is 1. The van der Waals surface area contributed by atoms with Gasteiger partial charge in [-0.25, -0.2) is 0 Å². The first-order valence-corrected chi connectivity index (χ1v) is 2.34. The fourth-order valence-electron chi connectivity index (χ4n) is 0.443. The van der Waals surface area contributed by atoms with Crippen molar-refractivity contribution >= 4 is 5.69 Å². The molecule has 0 N–H and O–H groups in total. The van der Waals surface area contributed by atoms with Gasteiger partial charge in [0.2, 0.25) is 0 Å². The number of nitro groups is 1. The monoisotopic (exact) mass is 144 g/mol. The Labute approximate surface area is 68.3 Å². The Morgan fingerprint density at radius 2 is 2.40 bits per heavy atom. The summed E-state index contributed by atoms with van der Waals surface area (Å²) in [5.41, 5.74) is -2.07. The van der Waals surface area contributed by atoms with Crippen LogP contribution in [-0.4, -0.2) is 4.92 Å². The zero-order valence-corrected chi connectivity index (χ0v) is 4.76. The van der Waals surface area contributed by atoms with Crippen LogP contribution in [0.1, 0.15) is 15.2 Å². The van der Waals surface area contributed by atoms with E-state index in [0.717, 1.165) is 0 Å². The number of rotatable bonds is 1. The van der Waals surface area contributed by atoms with Crippen LogP contribution in [0.15, 0.2) is 24.2 Å². The van der Waals surface area contributed by atoms with Crippen LogP contribution >= 0.6 is 0 Å². The van der Waals surface area contributed by atoms with Crippen LogP contribution in [0, 0.1) is 17.0 Å². The zero-order chi connectivity index (χ0) is 13.5. The lowest BCUT2D eigenvalue weighted by molar-refractivity contribution is -0.385. The topological polar surface area (TPSA) is 43.1 Å². The van der Waals surface area contributed by atoms with E-state index in [0.29, 0.717) is 0 Å². The van der Waals surface area contributed by atoms with Gasteiger partial charge in [0.1, 0.15) is 0 Å². The first-order valence-electron chi connectivity index (χ1n) is 5.84. The third-order valence-corrected chi connectivity index (χ3v) is 0.850. The first kappa shape index (κ1) is 2.05. The van der Waals surface area contributed by atoms with E-state index in [2.05, 4.69) is 0 Å². The molecule has 0 saturated carbocycles. The van der Waals surface area contributed by atoms with Gasteiger partial charge in [0, 0.05) is 15.7 Å². The van der Waals surface area contributed by atoms with Crippen LogP contribution in [0.3, 0.4) is 0 Å². The second kappa shape index (κ2) is 2.47. The number of nitrogens with zero attached hydrogens (tertiary/aromatic N) is 1. The quantitative estimate of drug-likeness (QED) is 0.446. The normalized spacial score (nSPS) is 20.6. The predicted molar refractivity (Wildman–Crippen MR) is 37.8 cm³/mol. The van der Waals surface area contributed by atoms with E-state index < -0.39 is 47.2 Å². The molecule has 0 spiro atoms. The molecule has 1 aromatic rings. The highest BCUT2D eigenvalue weighted by Gasteiger charge is 2.05. The molecule has 3 heteroatoms. The minimum Gasteiger partial charge on any atom is -0.258 e. The largest absolute Gasteiger partial charge is 0.272 e. The molecule has 0 saturated heterocycles. The van der Waals surface area contributed by atoms with Crippen LogP contribution in [0.5, 0.6) is 0 Å². The molecular formula is C7H7NO2. The Morgan fingerprint density at radius 3 is 3.00 bits per heavy atom. The number of hydrogen-bond donors (Lipinski definition) is 0. The molecule has 0 atom stereocenters. The van der Waals surface area contributed by atoms with Gasteiger partial charge in [0.15, 0.2) is 0 Å². The highest BCUT2D eigenvalue weighted by atomic mass is 16.6. The Morgan fingerprint density at radius 1 is 1.70 bits per heavy atom. The van der Waals surface area contributed by atoms with E-state index in [1.807, 2.05) is 0 Å². The Kier molecular flexibility index (Phi) is 0.507. The third kappa shape index (κ3) is 1.13. The molecule has 52 valence electrons. The van der Waals surface area contributed by atoms with E-state index in [9.17, 15) is 10.1 Å². The average Bonchev–Trinajstić information content (AvgIpc) is 2.17. The van der Waals surface area contributed by atoms with E-state index in [4.69, 9.17) is 9.60 Å². The molecule has 1 aromatic carbocycles. The molecule has 0 radical (unpaired) electrons. The van der Waals surface area contributed by atoms with Gasteiger partial charge >= 0.3 is 0 Å². The van der Waals surface area contributed by atoms with Crippen molar-refractivity contribution in [2.75, 3.05) is 0 Å². The molecule has 0 amide bonds. The van der Waals surface area contributed by atoms with Crippen LogP contribution in [0.25, 0.3) is 0 Å². The number of para-hydroxylation sites is 1. The SMILES string of the molecule is [2H]c1c([2H])c([2H])c(C([2H])([2H])[2H])c([N+](=O)[O-])c1[2H]. The van der Waals surface area contributed by atoms with Gasteiger partial charge < -0.3 is 0 Å². The molecule has 0 heterocycles. The maximum atomic E-state index is 10.7. The number of hydrogen-bond acceptors (Lipinski definition) is 2. The molecular weight excluding hydrogens is 130 g/mol. The summed E-state index contributed by atoms with van der Waals surface area (Å²) in [6, 6.07) is -3.48. The van der Waals surface area contributed by atoms with Gasteiger partial charge in [-0.1, -0.05) is 18.1 Å². The van der Waals surface area contributed by atoms with Gasteiger partial charge in [-0.15, -0.1) is 0 Å². The van der Waals surface area contributed by atoms with Crippen molar-refractivity contribution in [1.29, 1.82) is 0 Å². The van der Waals surface area contributed by atoms with Crippen molar-refractivity contribution in [3.63, 3.8) is 0 Å². The predicted octanol–water partition coefficient (Wildman–Crippen LogP) is 1.90. The van der Waals surface area contributed by atoms with Crippen molar-refractivity contribution in [3.05, 3.63) is 39.8 Å². The van der Waals surface area contributed by atoms with Crippen LogP contribution < -0.4 is 0 Å². The number of benzene rings is 1. The summed E-state index contributed by atoms with van der Waals surface area (Å²) >= 11 is 0. The molecule has 0 fully saturated rings.